The zero-order chi connectivity index (χ0) is 30.9. The molecular weight excluding hydrogens is 571 g/mol. The summed E-state index contributed by atoms with van der Waals surface area (Å²) in [5, 5.41) is 10.4. The summed E-state index contributed by atoms with van der Waals surface area (Å²) in [6.07, 6.45) is 1.98. The third-order valence-electron chi connectivity index (χ3n) is 9.70. The van der Waals surface area contributed by atoms with Gasteiger partial charge in [0.2, 0.25) is 0 Å². The number of pyridine rings is 1. The lowest BCUT2D eigenvalue weighted by Gasteiger charge is -2.18. The van der Waals surface area contributed by atoms with Crippen molar-refractivity contribution in [2.24, 2.45) is 0 Å². The summed E-state index contributed by atoms with van der Waals surface area (Å²) in [7, 11) is 0. The zero-order valence-corrected chi connectivity index (χ0v) is 25.4. The molecule has 0 N–H and O–H groups in total. The molecule has 8 aromatic carbocycles. The summed E-state index contributed by atoms with van der Waals surface area (Å²) >= 11 is 0. The third kappa shape index (κ3) is 3.95. The fraction of sp³-hybridized carbons (Fsp3) is 0. The molecule has 2 heteroatoms. The van der Waals surface area contributed by atoms with Crippen molar-refractivity contribution in [2.75, 3.05) is 0 Å². The van der Waals surface area contributed by atoms with Crippen molar-refractivity contribution in [3.8, 4) is 33.4 Å². The van der Waals surface area contributed by atoms with Crippen LogP contribution in [-0.2, 0) is 0 Å². The molecule has 0 aliphatic rings. The molecule has 0 aliphatic carbocycles. The molecule has 0 saturated carbocycles. The van der Waals surface area contributed by atoms with Crippen LogP contribution in [0, 0.1) is 0 Å². The number of nitrogens with zero attached hydrogens (tertiary/aromatic N) is 1. The number of hydrogen-bond donors (Lipinski definition) is 0. The Hall–Kier alpha value is -6.25. The summed E-state index contributed by atoms with van der Waals surface area (Å²) in [6, 6.07) is 56.5. The number of hydrogen-bond acceptors (Lipinski definition) is 2. The number of rotatable bonds is 3. The highest BCUT2D eigenvalue weighted by Crippen LogP contribution is 2.45. The highest BCUT2D eigenvalue weighted by Gasteiger charge is 2.19. The Kier molecular flexibility index (Phi) is 5.61. The van der Waals surface area contributed by atoms with E-state index in [1.165, 1.54) is 54.7 Å². The van der Waals surface area contributed by atoms with Gasteiger partial charge in [0, 0.05) is 27.7 Å². The van der Waals surface area contributed by atoms with Crippen molar-refractivity contribution in [1.82, 2.24) is 4.98 Å². The summed E-state index contributed by atoms with van der Waals surface area (Å²) in [6.45, 7) is 0. The average molecular weight is 598 g/mol. The molecule has 2 aromatic heterocycles. The molecule has 0 aliphatic heterocycles. The van der Waals surface area contributed by atoms with Crippen molar-refractivity contribution < 1.29 is 4.42 Å². The minimum Gasteiger partial charge on any atom is -0.455 e. The van der Waals surface area contributed by atoms with E-state index in [1.54, 1.807) is 0 Å². The highest BCUT2D eigenvalue weighted by atomic mass is 16.3. The van der Waals surface area contributed by atoms with Gasteiger partial charge in [-0.2, -0.15) is 0 Å². The molecule has 0 radical (unpaired) electrons. The molecule has 2 heterocycles. The normalized spacial score (nSPS) is 11.8. The van der Waals surface area contributed by atoms with E-state index in [9.17, 15) is 0 Å². The van der Waals surface area contributed by atoms with Crippen molar-refractivity contribution in [3.63, 3.8) is 0 Å². The van der Waals surface area contributed by atoms with Gasteiger partial charge in [-0.1, -0.05) is 140 Å². The molecule has 0 bridgehead atoms. The molecule has 0 saturated heterocycles. The molecule has 0 fully saturated rings. The monoisotopic (exact) mass is 597 g/mol. The topological polar surface area (TPSA) is 26.0 Å². The minimum absolute atomic E-state index is 0.870. The zero-order valence-electron chi connectivity index (χ0n) is 25.4. The summed E-state index contributed by atoms with van der Waals surface area (Å²) in [5.74, 6) is 0. The van der Waals surface area contributed by atoms with Gasteiger partial charge in [-0.3, -0.25) is 4.98 Å². The van der Waals surface area contributed by atoms with E-state index in [2.05, 4.69) is 158 Å². The fourth-order valence-corrected chi connectivity index (χ4v) is 7.52. The second-order valence-corrected chi connectivity index (χ2v) is 12.3. The highest BCUT2D eigenvalue weighted by molar-refractivity contribution is 6.23. The van der Waals surface area contributed by atoms with Gasteiger partial charge in [0.05, 0.1) is 5.52 Å². The van der Waals surface area contributed by atoms with Gasteiger partial charge in [-0.25, -0.2) is 0 Å². The Morgan fingerprint density at radius 1 is 0.362 bits per heavy atom. The molecule has 0 spiro atoms. The number of aromatic nitrogens is 1. The van der Waals surface area contributed by atoms with Crippen LogP contribution in [-0.4, -0.2) is 4.98 Å². The van der Waals surface area contributed by atoms with Gasteiger partial charge < -0.3 is 4.42 Å². The van der Waals surface area contributed by atoms with Gasteiger partial charge in [-0.05, 0) is 78.5 Å². The predicted octanol–water partition coefficient (Wildman–Crippen LogP) is 12.6. The van der Waals surface area contributed by atoms with E-state index < -0.39 is 0 Å². The fourth-order valence-electron chi connectivity index (χ4n) is 7.52. The van der Waals surface area contributed by atoms with Crippen molar-refractivity contribution >= 4 is 65.2 Å². The van der Waals surface area contributed by atoms with Crippen LogP contribution < -0.4 is 0 Å². The van der Waals surface area contributed by atoms with Crippen LogP contribution in [0.4, 0.5) is 0 Å². The standard InChI is InChI=1S/C45H27NO/c1-2-10-28(11-3-1)29-18-20-31(21-19-29)42-34-14-6-8-16-36(34)43(37-17-9-7-15-35(37)42)32-23-25-41-39(26-32)40-27-46-44-33-13-5-4-12-30(33)22-24-38(44)45(40)47-41/h1-27H. The maximum atomic E-state index is 6.56. The van der Waals surface area contributed by atoms with Gasteiger partial charge >= 0.3 is 0 Å². The molecule has 10 rings (SSSR count). The van der Waals surface area contributed by atoms with Crippen LogP contribution in [0.5, 0.6) is 0 Å². The van der Waals surface area contributed by atoms with Crippen LogP contribution >= 0.6 is 0 Å². The van der Waals surface area contributed by atoms with Gasteiger partial charge in [-0.15, -0.1) is 0 Å². The van der Waals surface area contributed by atoms with E-state index in [4.69, 9.17) is 9.40 Å². The molecule has 218 valence electrons. The molecule has 10 aromatic rings. The van der Waals surface area contributed by atoms with Crippen LogP contribution in [0.15, 0.2) is 168 Å². The maximum Gasteiger partial charge on any atom is 0.146 e. The average Bonchev–Trinajstić information content (AvgIpc) is 3.52. The van der Waals surface area contributed by atoms with E-state index in [0.29, 0.717) is 0 Å². The van der Waals surface area contributed by atoms with E-state index >= 15 is 0 Å². The quantitative estimate of drug-likeness (QED) is 0.150. The Labute approximate surface area is 271 Å². The van der Waals surface area contributed by atoms with Crippen LogP contribution in [0.3, 0.4) is 0 Å². The van der Waals surface area contributed by atoms with Crippen molar-refractivity contribution in [1.29, 1.82) is 0 Å². The second-order valence-electron chi connectivity index (χ2n) is 12.3. The van der Waals surface area contributed by atoms with Gasteiger partial charge in [0.25, 0.3) is 0 Å². The van der Waals surface area contributed by atoms with Gasteiger partial charge in [0.1, 0.15) is 11.2 Å². The summed E-state index contributed by atoms with van der Waals surface area (Å²) < 4.78 is 6.56. The minimum atomic E-state index is 0.870. The first-order chi connectivity index (χ1) is 23.3. The molecule has 2 nitrogen and oxygen atoms in total. The van der Waals surface area contributed by atoms with Crippen molar-refractivity contribution in [2.45, 2.75) is 0 Å². The smallest absolute Gasteiger partial charge is 0.146 e. The molecular formula is C45H27NO. The summed E-state index contributed by atoms with van der Waals surface area (Å²) in [5.41, 5.74) is 10.0. The lowest BCUT2D eigenvalue weighted by Crippen LogP contribution is -1.91. The van der Waals surface area contributed by atoms with E-state index in [-0.39, 0.29) is 0 Å². The Morgan fingerprint density at radius 3 is 1.62 bits per heavy atom. The first-order valence-electron chi connectivity index (χ1n) is 16.0. The number of fused-ring (bicyclic) bond motifs is 9. The Balaban J connectivity index is 1.20. The molecule has 0 atom stereocenters. The Morgan fingerprint density at radius 2 is 0.915 bits per heavy atom. The van der Waals surface area contributed by atoms with E-state index in [0.717, 1.165) is 43.8 Å². The first kappa shape index (κ1) is 26.0. The largest absolute Gasteiger partial charge is 0.455 e. The van der Waals surface area contributed by atoms with Crippen molar-refractivity contribution in [3.05, 3.63) is 164 Å². The van der Waals surface area contributed by atoms with Crippen LogP contribution in [0.1, 0.15) is 0 Å². The summed E-state index contributed by atoms with van der Waals surface area (Å²) in [4.78, 5) is 4.97. The predicted molar refractivity (Wildman–Crippen MR) is 198 cm³/mol. The van der Waals surface area contributed by atoms with Gasteiger partial charge in [0.15, 0.2) is 0 Å². The Bertz CT molecular complexity index is 2770. The first-order valence-corrected chi connectivity index (χ1v) is 16.0. The number of furan rings is 1. The molecule has 0 amide bonds. The van der Waals surface area contributed by atoms with E-state index in [1.807, 2.05) is 6.20 Å². The third-order valence-corrected chi connectivity index (χ3v) is 9.70. The lowest BCUT2D eigenvalue weighted by molar-refractivity contribution is 0.672. The number of benzene rings is 8. The van der Waals surface area contributed by atoms with Crippen LogP contribution in [0.25, 0.3) is 98.5 Å². The van der Waals surface area contributed by atoms with Crippen LogP contribution in [0.2, 0.25) is 0 Å². The second kappa shape index (κ2) is 10.1. The molecule has 47 heavy (non-hydrogen) atoms. The SMILES string of the molecule is c1ccc(-c2ccc(-c3c4ccccc4c(-c4ccc5oc6c(cnc7c8ccccc8ccc76)c5c4)c4ccccc34)cc2)cc1. The molecule has 0 unspecified atom stereocenters. The lowest BCUT2D eigenvalue weighted by atomic mass is 9.85. The maximum absolute atomic E-state index is 6.56.